The minimum absolute atomic E-state index is 0.195. The van der Waals surface area contributed by atoms with Gasteiger partial charge in [0.25, 0.3) is 6.01 Å². The highest BCUT2D eigenvalue weighted by molar-refractivity contribution is 6.34. The zero-order valence-electron chi connectivity index (χ0n) is 18.6. The summed E-state index contributed by atoms with van der Waals surface area (Å²) in [7, 11) is 0. The first kappa shape index (κ1) is 21.7. The average Bonchev–Trinajstić information content (AvgIpc) is 3.22. The fourth-order valence-electron chi connectivity index (χ4n) is 4.03. The van der Waals surface area contributed by atoms with Gasteiger partial charge < -0.3 is 14.8 Å². The molecule has 168 valence electrons. The number of aromatic carboxylic acids is 1. The third kappa shape index (κ3) is 4.14. The summed E-state index contributed by atoms with van der Waals surface area (Å²) >= 11 is 6.61. The van der Waals surface area contributed by atoms with E-state index in [1.807, 2.05) is 49.4 Å². The molecule has 2 N–H and O–H groups in total. The normalized spacial score (nSPS) is 11.0. The van der Waals surface area contributed by atoms with Crippen LogP contribution in [0, 0.1) is 13.8 Å². The van der Waals surface area contributed by atoms with E-state index in [0.717, 1.165) is 33.3 Å². The maximum atomic E-state index is 11.5. The standard InChI is InChI=1S/C28H21ClN2O3/c1-16-12-17(2)26(14-21(16)27(32)33)34-28-30-24-13-22(23(29)15-25(24)31-28)20-10-8-19(9-11-20)18-6-4-3-5-7-18/h3-15H,1-2H3,(H,30,31)(H,32,33). The molecule has 4 aromatic carbocycles. The van der Waals surface area contributed by atoms with Crippen LogP contribution in [0.5, 0.6) is 11.8 Å². The van der Waals surface area contributed by atoms with Gasteiger partial charge >= 0.3 is 5.97 Å². The Kier molecular flexibility index (Phi) is 5.56. The second-order valence-corrected chi connectivity index (χ2v) is 8.58. The smallest absolute Gasteiger partial charge is 0.336 e. The fraction of sp³-hybridized carbons (Fsp3) is 0.0714. The van der Waals surface area contributed by atoms with Gasteiger partial charge in [-0.2, -0.15) is 4.98 Å². The molecule has 0 amide bonds. The highest BCUT2D eigenvalue weighted by atomic mass is 35.5. The molecule has 0 radical (unpaired) electrons. The summed E-state index contributed by atoms with van der Waals surface area (Å²) in [6.45, 7) is 3.63. The molecular weight excluding hydrogens is 448 g/mol. The Morgan fingerprint density at radius 2 is 1.56 bits per heavy atom. The number of aromatic amines is 1. The van der Waals surface area contributed by atoms with Crippen LogP contribution in [0.1, 0.15) is 21.5 Å². The summed E-state index contributed by atoms with van der Waals surface area (Å²) in [5.74, 6) is -0.563. The molecule has 0 fully saturated rings. The largest absolute Gasteiger partial charge is 0.478 e. The molecule has 0 aliphatic rings. The molecule has 0 aliphatic heterocycles. The van der Waals surface area contributed by atoms with Crippen molar-refractivity contribution in [3.05, 3.63) is 101 Å². The van der Waals surface area contributed by atoms with Crippen molar-refractivity contribution in [2.45, 2.75) is 13.8 Å². The number of halogens is 1. The van der Waals surface area contributed by atoms with Crippen molar-refractivity contribution < 1.29 is 14.6 Å². The molecule has 0 spiro atoms. The van der Waals surface area contributed by atoms with Crippen LogP contribution in [-0.4, -0.2) is 21.0 Å². The Morgan fingerprint density at radius 3 is 2.26 bits per heavy atom. The number of nitrogens with zero attached hydrogens (tertiary/aromatic N) is 1. The summed E-state index contributed by atoms with van der Waals surface area (Å²) < 4.78 is 5.92. The molecule has 0 unspecified atom stereocenters. The number of nitrogens with one attached hydrogen (secondary N) is 1. The summed E-state index contributed by atoms with van der Waals surface area (Å²) in [5.41, 5.74) is 7.26. The number of aromatic nitrogens is 2. The number of ether oxygens (including phenoxy) is 1. The van der Waals surface area contributed by atoms with Crippen molar-refractivity contribution in [2.24, 2.45) is 0 Å². The van der Waals surface area contributed by atoms with Crippen LogP contribution < -0.4 is 4.74 Å². The summed E-state index contributed by atoms with van der Waals surface area (Å²) in [5, 5.41) is 10.0. The molecule has 1 aromatic heterocycles. The van der Waals surface area contributed by atoms with Crippen LogP contribution in [0.15, 0.2) is 78.9 Å². The Balaban J connectivity index is 1.47. The van der Waals surface area contributed by atoms with E-state index in [1.165, 1.54) is 6.07 Å². The number of rotatable bonds is 5. The lowest BCUT2D eigenvalue weighted by Crippen LogP contribution is -2.01. The van der Waals surface area contributed by atoms with Gasteiger partial charge in [0.15, 0.2) is 0 Å². The molecule has 0 aliphatic carbocycles. The van der Waals surface area contributed by atoms with Crippen molar-refractivity contribution in [2.75, 3.05) is 0 Å². The minimum Gasteiger partial charge on any atom is -0.478 e. The average molecular weight is 469 g/mol. The predicted octanol–water partition coefficient (Wildman–Crippen LogP) is 7.66. The van der Waals surface area contributed by atoms with Gasteiger partial charge in [-0.15, -0.1) is 0 Å². The molecule has 0 saturated carbocycles. The third-order valence-corrected chi connectivity index (χ3v) is 6.12. The van der Waals surface area contributed by atoms with Crippen molar-refractivity contribution in [1.29, 1.82) is 0 Å². The highest BCUT2D eigenvalue weighted by Gasteiger charge is 2.15. The van der Waals surface area contributed by atoms with Gasteiger partial charge in [-0.05, 0) is 59.9 Å². The number of hydrogen-bond donors (Lipinski definition) is 2. The van der Waals surface area contributed by atoms with Crippen molar-refractivity contribution >= 4 is 28.6 Å². The first-order valence-corrected chi connectivity index (χ1v) is 11.1. The van der Waals surface area contributed by atoms with E-state index in [4.69, 9.17) is 16.3 Å². The lowest BCUT2D eigenvalue weighted by molar-refractivity contribution is 0.0695. The van der Waals surface area contributed by atoms with Gasteiger partial charge in [-0.25, -0.2) is 4.79 Å². The van der Waals surface area contributed by atoms with Crippen LogP contribution in [-0.2, 0) is 0 Å². The van der Waals surface area contributed by atoms with Crippen LogP contribution in [0.4, 0.5) is 0 Å². The van der Waals surface area contributed by atoms with Crippen LogP contribution in [0.3, 0.4) is 0 Å². The molecule has 5 nitrogen and oxygen atoms in total. The number of imidazole rings is 1. The van der Waals surface area contributed by atoms with Gasteiger partial charge in [-0.3, -0.25) is 0 Å². The Morgan fingerprint density at radius 1 is 0.882 bits per heavy atom. The Hall–Kier alpha value is -4.09. The van der Waals surface area contributed by atoms with E-state index in [2.05, 4.69) is 34.2 Å². The van der Waals surface area contributed by atoms with Crippen molar-refractivity contribution in [3.63, 3.8) is 0 Å². The first-order chi connectivity index (χ1) is 16.4. The first-order valence-electron chi connectivity index (χ1n) is 10.8. The number of hydrogen-bond acceptors (Lipinski definition) is 3. The molecule has 0 saturated heterocycles. The maximum absolute atomic E-state index is 11.5. The van der Waals surface area contributed by atoms with E-state index >= 15 is 0 Å². The van der Waals surface area contributed by atoms with Crippen molar-refractivity contribution in [1.82, 2.24) is 9.97 Å². The SMILES string of the molecule is Cc1cc(C)c(C(=O)O)cc1Oc1nc2cc(-c3ccc(-c4ccccc4)cc3)c(Cl)cc2[nH]1. The summed E-state index contributed by atoms with van der Waals surface area (Å²) in [6.07, 6.45) is 0. The second kappa shape index (κ2) is 8.69. The number of carboxylic acid groups (broad SMARTS) is 1. The Labute approximate surface area is 201 Å². The molecule has 1 heterocycles. The van der Waals surface area contributed by atoms with Crippen LogP contribution in [0.25, 0.3) is 33.3 Å². The maximum Gasteiger partial charge on any atom is 0.336 e. The monoisotopic (exact) mass is 468 g/mol. The lowest BCUT2D eigenvalue weighted by atomic mass is 10.00. The second-order valence-electron chi connectivity index (χ2n) is 8.17. The number of carbonyl (C=O) groups is 1. The Bertz CT molecular complexity index is 1520. The number of fused-ring (bicyclic) bond motifs is 1. The fourth-order valence-corrected chi connectivity index (χ4v) is 4.30. The molecule has 34 heavy (non-hydrogen) atoms. The topological polar surface area (TPSA) is 75.2 Å². The lowest BCUT2D eigenvalue weighted by Gasteiger charge is -2.09. The number of carboxylic acids is 1. The van der Waals surface area contributed by atoms with Crippen molar-refractivity contribution in [3.8, 4) is 34.0 Å². The van der Waals surface area contributed by atoms with Crippen LogP contribution in [0.2, 0.25) is 5.02 Å². The van der Waals surface area contributed by atoms with E-state index in [9.17, 15) is 9.90 Å². The van der Waals surface area contributed by atoms with Gasteiger partial charge in [-0.1, -0.05) is 72.3 Å². The number of aryl methyl sites for hydroxylation is 2. The van der Waals surface area contributed by atoms with Gasteiger partial charge in [0, 0.05) is 5.56 Å². The molecule has 5 rings (SSSR count). The summed E-state index contributed by atoms with van der Waals surface area (Å²) in [4.78, 5) is 19.2. The molecular formula is C28H21ClN2O3. The molecule has 0 bridgehead atoms. The van der Waals surface area contributed by atoms with Crippen LogP contribution >= 0.6 is 11.6 Å². The van der Waals surface area contributed by atoms with E-state index in [-0.39, 0.29) is 11.6 Å². The van der Waals surface area contributed by atoms with E-state index in [1.54, 1.807) is 13.0 Å². The predicted molar refractivity (Wildman–Crippen MR) is 135 cm³/mol. The molecule has 0 atom stereocenters. The van der Waals surface area contributed by atoms with Gasteiger partial charge in [0.1, 0.15) is 5.75 Å². The van der Waals surface area contributed by atoms with Gasteiger partial charge in [0.05, 0.1) is 21.6 Å². The third-order valence-electron chi connectivity index (χ3n) is 5.81. The zero-order valence-corrected chi connectivity index (χ0v) is 19.4. The van der Waals surface area contributed by atoms with E-state index < -0.39 is 5.97 Å². The molecule has 5 aromatic rings. The van der Waals surface area contributed by atoms with E-state index in [0.29, 0.717) is 21.9 Å². The number of benzene rings is 4. The quantitative estimate of drug-likeness (QED) is 0.277. The zero-order chi connectivity index (χ0) is 23.8. The number of H-pyrrole nitrogens is 1. The summed E-state index contributed by atoms with van der Waals surface area (Å²) in [6, 6.07) is 25.7. The van der Waals surface area contributed by atoms with Gasteiger partial charge in [0.2, 0.25) is 0 Å². The molecule has 6 heteroatoms. The highest BCUT2D eigenvalue weighted by Crippen LogP contribution is 2.34. The minimum atomic E-state index is -0.998.